The Morgan fingerprint density at radius 1 is 1.11 bits per heavy atom. The van der Waals surface area contributed by atoms with E-state index in [9.17, 15) is 5.11 Å². The molecule has 1 atom stereocenters. The molecule has 1 unspecified atom stereocenters. The first-order valence-corrected chi connectivity index (χ1v) is 9.20. The fraction of sp³-hybridized carbons (Fsp3) is 0.350. The largest absolute Gasteiger partial charge is 0.396 e. The molecule has 0 aliphatic carbocycles. The number of benzene rings is 1. The summed E-state index contributed by atoms with van der Waals surface area (Å²) in [6.45, 7) is 3.72. The number of aliphatic hydroxyl groups is 1. The number of hydrogen-bond acceptors (Lipinski definition) is 7. The van der Waals surface area contributed by atoms with Crippen LogP contribution in [0.2, 0.25) is 0 Å². The van der Waals surface area contributed by atoms with E-state index in [0.717, 1.165) is 44.0 Å². The summed E-state index contributed by atoms with van der Waals surface area (Å²) in [6.07, 6.45) is 3.85. The standard InChI is InChI=1S/C20H23N5O2/c26-11-7-18-14-25(10-9-24(18)13-16-4-2-1-3-5-16)19-12-17(6-8-21-19)20-22-15-27-23-20/h1-6,8,12,15,18,26H,7,9-11,13-14H2. The lowest BCUT2D eigenvalue weighted by Crippen LogP contribution is -2.53. The molecule has 0 saturated carbocycles. The molecule has 1 aromatic carbocycles. The maximum Gasteiger partial charge on any atom is 0.214 e. The minimum atomic E-state index is 0.181. The zero-order valence-electron chi connectivity index (χ0n) is 15.1. The van der Waals surface area contributed by atoms with Gasteiger partial charge in [0.25, 0.3) is 0 Å². The molecule has 4 rings (SSSR count). The first-order valence-electron chi connectivity index (χ1n) is 9.20. The molecule has 7 heteroatoms. The highest BCUT2D eigenvalue weighted by atomic mass is 16.5. The van der Waals surface area contributed by atoms with Gasteiger partial charge in [0.15, 0.2) is 0 Å². The Morgan fingerprint density at radius 3 is 2.78 bits per heavy atom. The molecule has 0 bridgehead atoms. The van der Waals surface area contributed by atoms with E-state index in [-0.39, 0.29) is 12.6 Å². The third-order valence-corrected chi connectivity index (χ3v) is 4.98. The van der Waals surface area contributed by atoms with Gasteiger partial charge >= 0.3 is 0 Å². The maximum atomic E-state index is 9.54. The maximum absolute atomic E-state index is 9.54. The van der Waals surface area contributed by atoms with Crippen molar-refractivity contribution in [1.29, 1.82) is 0 Å². The van der Waals surface area contributed by atoms with Crippen molar-refractivity contribution in [1.82, 2.24) is 20.0 Å². The SMILES string of the molecule is OCCC1CN(c2cc(-c3ncon3)ccn2)CCN1Cc1ccccc1. The summed E-state index contributed by atoms with van der Waals surface area (Å²) in [4.78, 5) is 13.4. The minimum absolute atomic E-state index is 0.181. The van der Waals surface area contributed by atoms with Crippen LogP contribution < -0.4 is 4.90 Å². The quantitative estimate of drug-likeness (QED) is 0.717. The van der Waals surface area contributed by atoms with E-state index in [1.165, 1.54) is 12.0 Å². The van der Waals surface area contributed by atoms with Gasteiger partial charge in [-0.3, -0.25) is 4.90 Å². The van der Waals surface area contributed by atoms with Crippen molar-refractivity contribution in [2.45, 2.75) is 19.0 Å². The molecule has 3 heterocycles. The zero-order valence-corrected chi connectivity index (χ0v) is 15.1. The van der Waals surface area contributed by atoms with Crippen LogP contribution in [0.1, 0.15) is 12.0 Å². The van der Waals surface area contributed by atoms with Gasteiger partial charge < -0.3 is 14.5 Å². The van der Waals surface area contributed by atoms with Crippen molar-refractivity contribution >= 4 is 5.82 Å². The average molecular weight is 365 g/mol. The summed E-state index contributed by atoms with van der Waals surface area (Å²) in [5, 5.41) is 13.4. The normalized spacial score (nSPS) is 18.0. The van der Waals surface area contributed by atoms with Crippen LogP contribution in [0.25, 0.3) is 11.4 Å². The van der Waals surface area contributed by atoms with Crippen LogP contribution in [0.5, 0.6) is 0 Å². The van der Waals surface area contributed by atoms with Gasteiger partial charge in [0.2, 0.25) is 12.2 Å². The van der Waals surface area contributed by atoms with Crippen molar-refractivity contribution in [3.8, 4) is 11.4 Å². The number of anilines is 1. The number of rotatable bonds is 6. The molecule has 0 amide bonds. The first-order chi connectivity index (χ1) is 13.3. The highest BCUT2D eigenvalue weighted by Crippen LogP contribution is 2.24. The Kier molecular flexibility index (Phi) is 5.41. The average Bonchev–Trinajstić information content (AvgIpc) is 3.25. The molecule has 0 radical (unpaired) electrons. The van der Waals surface area contributed by atoms with Gasteiger partial charge in [-0.2, -0.15) is 4.98 Å². The summed E-state index contributed by atoms with van der Waals surface area (Å²) in [6, 6.07) is 14.6. The van der Waals surface area contributed by atoms with E-state index in [4.69, 9.17) is 4.52 Å². The predicted octanol–water partition coefficient (Wildman–Crippen LogP) is 2.20. The Morgan fingerprint density at radius 2 is 2.00 bits per heavy atom. The molecule has 2 aromatic heterocycles. The molecular weight excluding hydrogens is 342 g/mol. The second-order valence-electron chi connectivity index (χ2n) is 6.73. The van der Waals surface area contributed by atoms with Gasteiger partial charge in [0.05, 0.1) is 0 Å². The van der Waals surface area contributed by atoms with E-state index in [1.54, 1.807) is 6.20 Å². The molecule has 0 spiro atoms. The second-order valence-corrected chi connectivity index (χ2v) is 6.73. The second kappa shape index (κ2) is 8.28. The zero-order chi connectivity index (χ0) is 18.5. The van der Waals surface area contributed by atoms with Crippen molar-refractivity contribution < 1.29 is 9.63 Å². The van der Waals surface area contributed by atoms with Gasteiger partial charge in [0.1, 0.15) is 5.82 Å². The smallest absolute Gasteiger partial charge is 0.214 e. The third-order valence-electron chi connectivity index (χ3n) is 4.98. The first kappa shape index (κ1) is 17.6. The predicted molar refractivity (Wildman–Crippen MR) is 102 cm³/mol. The van der Waals surface area contributed by atoms with Crippen LogP contribution >= 0.6 is 0 Å². The van der Waals surface area contributed by atoms with Crippen LogP contribution in [-0.2, 0) is 6.54 Å². The number of hydrogen-bond donors (Lipinski definition) is 1. The Bertz CT molecular complexity index is 841. The molecule has 3 aromatic rings. The lowest BCUT2D eigenvalue weighted by atomic mass is 10.1. The van der Waals surface area contributed by atoms with E-state index >= 15 is 0 Å². The molecule has 27 heavy (non-hydrogen) atoms. The van der Waals surface area contributed by atoms with Crippen molar-refractivity contribution in [2.75, 3.05) is 31.1 Å². The van der Waals surface area contributed by atoms with Crippen LogP contribution in [0.15, 0.2) is 59.6 Å². The van der Waals surface area contributed by atoms with E-state index in [2.05, 4.69) is 49.2 Å². The van der Waals surface area contributed by atoms with E-state index in [0.29, 0.717) is 5.82 Å². The Labute approximate surface area is 158 Å². The molecule has 140 valence electrons. The molecule has 1 N–H and O–H groups in total. The number of aromatic nitrogens is 3. The Hall–Kier alpha value is -2.77. The molecule has 1 fully saturated rings. The number of pyridine rings is 1. The summed E-state index contributed by atoms with van der Waals surface area (Å²) in [7, 11) is 0. The number of aliphatic hydroxyl groups excluding tert-OH is 1. The lowest BCUT2D eigenvalue weighted by molar-refractivity contribution is 0.135. The topological polar surface area (TPSA) is 78.5 Å². The van der Waals surface area contributed by atoms with Gasteiger partial charge in [-0.25, -0.2) is 4.98 Å². The molecule has 7 nitrogen and oxygen atoms in total. The van der Waals surface area contributed by atoms with Gasteiger partial charge in [-0.15, -0.1) is 0 Å². The number of piperazine rings is 1. The van der Waals surface area contributed by atoms with Gasteiger partial charge in [-0.05, 0) is 24.1 Å². The molecule has 1 aliphatic rings. The monoisotopic (exact) mass is 365 g/mol. The van der Waals surface area contributed by atoms with Crippen LogP contribution in [0.3, 0.4) is 0 Å². The molecule has 1 saturated heterocycles. The van der Waals surface area contributed by atoms with E-state index < -0.39 is 0 Å². The fourth-order valence-electron chi connectivity index (χ4n) is 3.58. The van der Waals surface area contributed by atoms with Crippen LogP contribution in [0.4, 0.5) is 5.82 Å². The minimum Gasteiger partial charge on any atom is -0.396 e. The molecular formula is C20H23N5O2. The highest BCUT2D eigenvalue weighted by molar-refractivity contribution is 5.59. The summed E-state index contributed by atoms with van der Waals surface area (Å²) >= 11 is 0. The summed E-state index contributed by atoms with van der Waals surface area (Å²) in [5.74, 6) is 1.47. The van der Waals surface area contributed by atoms with E-state index in [1.807, 2.05) is 18.2 Å². The summed E-state index contributed by atoms with van der Waals surface area (Å²) in [5.41, 5.74) is 2.19. The molecule has 1 aliphatic heterocycles. The fourth-order valence-corrected chi connectivity index (χ4v) is 3.58. The van der Waals surface area contributed by atoms with Crippen LogP contribution in [-0.4, -0.2) is 57.4 Å². The van der Waals surface area contributed by atoms with Crippen molar-refractivity contribution in [3.63, 3.8) is 0 Å². The number of nitrogens with zero attached hydrogens (tertiary/aromatic N) is 5. The van der Waals surface area contributed by atoms with Crippen LogP contribution in [0, 0.1) is 0 Å². The van der Waals surface area contributed by atoms with Gasteiger partial charge in [-0.1, -0.05) is 35.5 Å². The lowest BCUT2D eigenvalue weighted by Gasteiger charge is -2.42. The van der Waals surface area contributed by atoms with Crippen molar-refractivity contribution in [3.05, 3.63) is 60.6 Å². The highest BCUT2D eigenvalue weighted by Gasteiger charge is 2.27. The third kappa shape index (κ3) is 4.15. The summed E-state index contributed by atoms with van der Waals surface area (Å²) < 4.78 is 4.84. The van der Waals surface area contributed by atoms with Crippen molar-refractivity contribution in [2.24, 2.45) is 0 Å². The van der Waals surface area contributed by atoms with Gasteiger partial charge in [0, 0.05) is 50.6 Å². The Balaban J connectivity index is 1.49.